The summed E-state index contributed by atoms with van der Waals surface area (Å²) in [4.78, 5) is 6.46. The lowest BCUT2D eigenvalue weighted by molar-refractivity contribution is -0.137. The third kappa shape index (κ3) is 9.51. The van der Waals surface area contributed by atoms with Crippen molar-refractivity contribution in [3.63, 3.8) is 0 Å². The van der Waals surface area contributed by atoms with Gasteiger partial charge in [0.15, 0.2) is 5.96 Å². The molecule has 29 heavy (non-hydrogen) atoms. The number of halogens is 4. The van der Waals surface area contributed by atoms with Crippen LogP contribution in [0.15, 0.2) is 29.3 Å². The second kappa shape index (κ2) is 11.3. The molecule has 0 saturated carbocycles. The standard InChI is InChI=1S/C18H27F3N4O2S.HI/c1-3-22-17(23-9-11-28(2,26)27)24-16-8-10-25(13-16)12-14-4-6-15(7-5-14)18(19,20)21;/h4-7,16H,3,8-13H2,1-2H3,(H2,22,23,24);1H. The van der Waals surface area contributed by atoms with Gasteiger partial charge in [-0.15, -0.1) is 24.0 Å². The Hall–Kier alpha value is -1.08. The van der Waals surface area contributed by atoms with Crippen LogP contribution in [0.5, 0.6) is 0 Å². The molecule has 1 unspecified atom stereocenters. The molecule has 11 heteroatoms. The quantitative estimate of drug-likeness (QED) is 0.312. The predicted octanol–water partition coefficient (Wildman–Crippen LogP) is 2.50. The smallest absolute Gasteiger partial charge is 0.357 e. The maximum atomic E-state index is 12.6. The molecular formula is C18H28F3IN4O2S. The van der Waals surface area contributed by atoms with E-state index < -0.39 is 21.6 Å². The highest BCUT2D eigenvalue weighted by Gasteiger charge is 2.30. The van der Waals surface area contributed by atoms with Gasteiger partial charge in [0.05, 0.1) is 17.9 Å². The molecule has 1 aromatic carbocycles. The van der Waals surface area contributed by atoms with Crippen LogP contribution in [0.25, 0.3) is 0 Å². The Bertz CT molecular complexity index is 770. The van der Waals surface area contributed by atoms with E-state index >= 15 is 0 Å². The fraction of sp³-hybridized carbons (Fsp3) is 0.611. The average molecular weight is 548 g/mol. The lowest BCUT2D eigenvalue weighted by Crippen LogP contribution is -2.44. The SMILES string of the molecule is CCNC(=NCCS(C)(=O)=O)NC1CCN(Cc2ccc(C(F)(F)F)cc2)C1.I. The number of aliphatic imine (C=N–C) groups is 1. The van der Waals surface area contributed by atoms with Gasteiger partial charge in [-0.1, -0.05) is 12.1 Å². The number of likely N-dealkylation sites (tertiary alicyclic amines) is 1. The van der Waals surface area contributed by atoms with Crippen LogP contribution in [0.3, 0.4) is 0 Å². The minimum atomic E-state index is -4.32. The average Bonchev–Trinajstić information content (AvgIpc) is 3.00. The van der Waals surface area contributed by atoms with Gasteiger partial charge in [-0.25, -0.2) is 8.42 Å². The molecule has 0 aliphatic carbocycles. The molecular weight excluding hydrogens is 520 g/mol. The Morgan fingerprint density at radius 3 is 2.48 bits per heavy atom. The second-order valence-corrected chi connectivity index (χ2v) is 9.21. The summed E-state index contributed by atoms with van der Waals surface area (Å²) >= 11 is 0. The summed E-state index contributed by atoms with van der Waals surface area (Å²) in [5, 5.41) is 6.40. The van der Waals surface area contributed by atoms with Crippen LogP contribution in [0.2, 0.25) is 0 Å². The Kier molecular flexibility index (Phi) is 10.2. The van der Waals surface area contributed by atoms with E-state index in [2.05, 4.69) is 20.5 Å². The number of guanidine groups is 1. The van der Waals surface area contributed by atoms with E-state index in [4.69, 9.17) is 0 Å². The molecule has 2 N–H and O–H groups in total. The van der Waals surface area contributed by atoms with E-state index in [0.29, 0.717) is 19.0 Å². The van der Waals surface area contributed by atoms with Crippen molar-refractivity contribution in [3.05, 3.63) is 35.4 Å². The van der Waals surface area contributed by atoms with Gasteiger partial charge in [-0.3, -0.25) is 9.89 Å². The normalized spacial score (nSPS) is 18.4. The van der Waals surface area contributed by atoms with Crippen LogP contribution >= 0.6 is 24.0 Å². The van der Waals surface area contributed by atoms with Crippen molar-refractivity contribution in [2.45, 2.75) is 32.1 Å². The summed E-state index contributed by atoms with van der Waals surface area (Å²) in [6.07, 6.45) is -2.27. The highest BCUT2D eigenvalue weighted by Crippen LogP contribution is 2.29. The number of rotatable bonds is 7. The Morgan fingerprint density at radius 1 is 1.28 bits per heavy atom. The third-order valence-corrected chi connectivity index (χ3v) is 5.30. The minimum Gasteiger partial charge on any atom is -0.357 e. The number of alkyl halides is 3. The lowest BCUT2D eigenvalue weighted by Gasteiger charge is -2.19. The van der Waals surface area contributed by atoms with Crippen LogP contribution in [0.1, 0.15) is 24.5 Å². The highest BCUT2D eigenvalue weighted by molar-refractivity contribution is 14.0. The maximum absolute atomic E-state index is 12.6. The fourth-order valence-electron chi connectivity index (χ4n) is 2.99. The Labute approximate surface area is 187 Å². The lowest BCUT2D eigenvalue weighted by atomic mass is 10.1. The Morgan fingerprint density at radius 2 is 1.93 bits per heavy atom. The topological polar surface area (TPSA) is 73.8 Å². The maximum Gasteiger partial charge on any atom is 0.416 e. The largest absolute Gasteiger partial charge is 0.416 e. The molecule has 166 valence electrons. The zero-order valence-corrected chi connectivity index (χ0v) is 19.6. The molecule has 2 rings (SSSR count). The van der Waals surface area contributed by atoms with Crippen molar-refractivity contribution < 1.29 is 21.6 Å². The number of sulfone groups is 1. The third-order valence-electron chi connectivity index (χ3n) is 4.38. The molecule has 0 radical (unpaired) electrons. The Balaban J connectivity index is 0.00000420. The summed E-state index contributed by atoms with van der Waals surface area (Å²) in [6.45, 7) is 4.92. The zero-order chi connectivity index (χ0) is 20.8. The molecule has 0 amide bonds. The number of nitrogens with one attached hydrogen (secondary N) is 2. The van der Waals surface area contributed by atoms with E-state index in [1.807, 2.05) is 6.92 Å². The van der Waals surface area contributed by atoms with E-state index in [1.54, 1.807) is 0 Å². The molecule has 0 bridgehead atoms. The van der Waals surface area contributed by atoms with Gasteiger partial charge in [-0.2, -0.15) is 13.2 Å². The first kappa shape index (κ1) is 26.0. The highest BCUT2D eigenvalue weighted by atomic mass is 127. The van der Waals surface area contributed by atoms with Crippen molar-refractivity contribution in [2.24, 2.45) is 4.99 Å². The number of hydrogen-bond donors (Lipinski definition) is 2. The molecule has 1 aromatic rings. The van der Waals surface area contributed by atoms with Crippen LogP contribution in [0.4, 0.5) is 13.2 Å². The van der Waals surface area contributed by atoms with E-state index in [9.17, 15) is 21.6 Å². The molecule has 1 aliphatic heterocycles. The molecule has 1 fully saturated rings. The van der Waals surface area contributed by atoms with Crippen LogP contribution in [-0.4, -0.2) is 63.5 Å². The minimum absolute atomic E-state index is 0. The van der Waals surface area contributed by atoms with E-state index in [0.717, 1.165) is 37.2 Å². The summed E-state index contributed by atoms with van der Waals surface area (Å²) < 4.78 is 60.4. The van der Waals surface area contributed by atoms with Crippen LogP contribution in [0, 0.1) is 0 Å². The first-order valence-corrected chi connectivity index (χ1v) is 11.2. The summed E-state index contributed by atoms with van der Waals surface area (Å²) in [7, 11) is -3.06. The molecule has 0 aromatic heterocycles. The van der Waals surface area contributed by atoms with Gasteiger partial charge in [0.25, 0.3) is 0 Å². The fourth-order valence-corrected chi connectivity index (χ4v) is 3.41. The van der Waals surface area contributed by atoms with Gasteiger partial charge in [-0.05, 0) is 31.0 Å². The van der Waals surface area contributed by atoms with Crippen molar-refractivity contribution >= 4 is 39.8 Å². The van der Waals surface area contributed by atoms with Crippen molar-refractivity contribution in [1.29, 1.82) is 0 Å². The molecule has 1 aliphatic rings. The summed E-state index contributed by atoms with van der Waals surface area (Å²) in [5.74, 6) is 0.571. The number of nitrogens with zero attached hydrogens (tertiary/aromatic N) is 2. The van der Waals surface area contributed by atoms with Gasteiger partial charge in [0.1, 0.15) is 9.84 Å². The van der Waals surface area contributed by atoms with Gasteiger partial charge in [0, 0.05) is 38.5 Å². The van der Waals surface area contributed by atoms with E-state index in [1.165, 1.54) is 18.4 Å². The molecule has 0 spiro atoms. The van der Waals surface area contributed by atoms with Crippen molar-refractivity contribution in [1.82, 2.24) is 15.5 Å². The van der Waals surface area contributed by atoms with E-state index in [-0.39, 0.29) is 42.3 Å². The van der Waals surface area contributed by atoms with Crippen molar-refractivity contribution in [2.75, 3.05) is 38.2 Å². The van der Waals surface area contributed by atoms with Gasteiger partial charge >= 0.3 is 6.18 Å². The van der Waals surface area contributed by atoms with Crippen LogP contribution < -0.4 is 10.6 Å². The monoisotopic (exact) mass is 548 g/mol. The molecule has 1 atom stereocenters. The van der Waals surface area contributed by atoms with Gasteiger partial charge in [0.2, 0.25) is 0 Å². The molecule has 1 heterocycles. The first-order chi connectivity index (χ1) is 13.1. The summed E-state index contributed by atoms with van der Waals surface area (Å²) in [6, 6.07) is 5.39. The second-order valence-electron chi connectivity index (χ2n) is 6.95. The molecule has 6 nitrogen and oxygen atoms in total. The number of benzene rings is 1. The first-order valence-electron chi connectivity index (χ1n) is 9.18. The van der Waals surface area contributed by atoms with Crippen molar-refractivity contribution in [3.8, 4) is 0 Å². The zero-order valence-electron chi connectivity index (χ0n) is 16.5. The number of hydrogen-bond acceptors (Lipinski definition) is 4. The van der Waals surface area contributed by atoms with Gasteiger partial charge < -0.3 is 10.6 Å². The molecule has 1 saturated heterocycles. The summed E-state index contributed by atoms with van der Waals surface area (Å²) in [5.41, 5.74) is 0.195. The van der Waals surface area contributed by atoms with Crippen LogP contribution in [-0.2, 0) is 22.6 Å². The predicted molar refractivity (Wildman–Crippen MR) is 119 cm³/mol.